The fourth-order valence-electron chi connectivity index (χ4n) is 9.39. The summed E-state index contributed by atoms with van der Waals surface area (Å²) in [6.07, 6.45) is 13.6. The van der Waals surface area contributed by atoms with Crippen LogP contribution in [-0.4, -0.2) is 13.7 Å². The Morgan fingerprint density at radius 3 is 1.40 bits per heavy atom. The molecule has 274 valence electrons. The molecule has 0 unspecified atom stereocenters. The summed E-state index contributed by atoms with van der Waals surface area (Å²) in [7, 11) is 0. The lowest BCUT2D eigenvalue weighted by Gasteiger charge is -2.19. The van der Waals surface area contributed by atoms with Crippen LogP contribution in [0.15, 0.2) is 164 Å². The third-order valence-electron chi connectivity index (χ3n) is 12.1. The van der Waals surface area contributed by atoms with Crippen molar-refractivity contribution in [1.29, 1.82) is 0 Å². The van der Waals surface area contributed by atoms with Gasteiger partial charge in [0, 0.05) is 39.2 Å². The smallest absolute Gasteiger partial charge is 0.0537 e. The fourth-order valence-corrected chi connectivity index (χ4v) is 9.39. The lowest BCUT2D eigenvalue weighted by molar-refractivity contribution is 0.959. The minimum Gasteiger partial charge on any atom is -0.309 e. The van der Waals surface area contributed by atoms with E-state index in [1.54, 1.807) is 0 Å². The highest BCUT2D eigenvalue weighted by atomic mass is 15.0. The van der Waals surface area contributed by atoms with Gasteiger partial charge < -0.3 is 13.7 Å². The van der Waals surface area contributed by atoms with E-state index >= 15 is 0 Å². The van der Waals surface area contributed by atoms with Gasteiger partial charge in [0.15, 0.2) is 0 Å². The second-order valence-corrected chi connectivity index (χ2v) is 15.8. The van der Waals surface area contributed by atoms with Gasteiger partial charge >= 0.3 is 0 Å². The first-order valence-electron chi connectivity index (χ1n) is 20.3. The van der Waals surface area contributed by atoms with Gasteiger partial charge in [-0.15, -0.1) is 0 Å². The summed E-state index contributed by atoms with van der Waals surface area (Å²) in [6, 6.07) is 56.6. The van der Waals surface area contributed by atoms with Crippen molar-refractivity contribution in [2.75, 3.05) is 0 Å². The summed E-state index contributed by atoms with van der Waals surface area (Å²) in [5.41, 5.74) is 21.0. The molecule has 3 aromatic heterocycles. The lowest BCUT2D eigenvalue weighted by Crippen LogP contribution is -2.05. The summed E-state index contributed by atoms with van der Waals surface area (Å²) in [5, 5.41) is 2.69. The van der Waals surface area contributed by atoms with Crippen LogP contribution < -0.4 is 0 Å². The van der Waals surface area contributed by atoms with Crippen molar-refractivity contribution in [2.24, 2.45) is 0 Å². The van der Waals surface area contributed by atoms with E-state index in [2.05, 4.69) is 204 Å². The topological polar surface area (TPSA) is 14.8 Å². The third-order valence-corrected chi connectivity index (χ3v) is 12.1. The monoisotopic (exact) mass is 733 g/mol. The van der Waals surface area contributed by atoms with Gasteiger partial charge in [-0.3, -0.25) is 0 Å². The summed E-state index contributed by atoms with van der Waals surface area (Å²) in [4.78, 5) is 0. The van der Waals surface area contributed by atoms with Gasteiger partial charge in [-0.25, -0.2) is 0 Å². The maximum Gasteiger partial charge on any atom is 0.0537 e. The summed E-state index contributed by atoms with van der Waals surface area (Å²) >= 11 is 0. The van der Waals surface area contributed by atoms with Crippen LogP contribution in [0.2, 0.25) is 0 Å². The molecule has 0 radical (unpaired) electrons. The molecule has 2 aliphatic carbocycles. The van der Waals surface area contributed by atoms with E-state index in [-0.39, 0.29) is 0 Å². The molecule has 0 fully saturated rings. The molecule has 0 spiro atoms. The minimum atomic E-state index is 1.05. The molecule has 3 heterocycles. The fraction of sp³-hybridized carbons (Fsp3) is 0.111. The van der Waals surface area contributed by atoms with Gasteiger partial charge in [0.1, 0.15) is 0 Å². The highest BCUT2D eigenvalue weighted by Crippen LogP contribution is 2.40. The number of fused-ring (bicyclic) bond motifs is 6. The second kappa shape index (κ2) is 13.4. The van der Waals surface area contributed by atoms with Crippen LogP contribution in [0.5, 0.6) is 0 Å². The van der Waals surface area contributed by atoms with E-state index in [0.717, 1.165) is 31.4 Å². The predicted molar refractivity (Wildman–Crippen MR) is 240 cm³/mol. The minimum absolute atomic E-state index is 1.05. The van der Waals surface area contributed by atoms with Gasteiger partial charge in [0.05, 0.1) is 22.4 Å². The Balaban J connectivity index is 1.16. The SMILES string of the molecule is Cc1ccc(-c2ccc(-c3ccc(C)cc3)n2-c2cccc(-c3cc(-n4c5c(c6ccccc64)CCC=C5)cc(-n4c5c(c6ccccc64)CCC=C5)c3)c2)cc1. The quantitative estimate of drug-likeness (QED) is 0.162. The van der Waals surface area contributed by atoms with Crippen molar-refractivity contribution in [1.82, 2.24) is 13.7 Å². The Labute approximate surface area is 334 Å². The number of hydrogen-bond donors (Lipinski definition) is 0. The summed E-state index contributed by atoms with van der Waals surface area (Å²) in [5.74, 6) is 0. The number of benzene rings is 6. The number of aryl methyl sites for hydroxylation is 4. The molecule has 0 amide bonds. The first-order chi connectivity index (χ1) is 28.1. The maximum absolute atomic E-state index is 2.50. The number of rotatable bonds is 6. The molecule has 0 saturated carbocycles. The number of para-hydroxylation sites is 2. The highest BCUT2D eigenvalue weighted by molar-refractivity contribution is 5.93. The molecule has 0 saturated heterocycles. The van der Waals surface area contributed by atoms with Crippen molar-refractivity contribution in [3.8, 4) is 50.7 Å². The van der Waals surface area contributed by atoms with Crippen LogP contribution >= 0.6 is 0 Å². The molecule has 0 aliphatic heterocycles. The molecule has 9 aromatic rings. The average molecular weight is 734 g/mol. The van der Waals surface area contributed by atoms with Crippen LogP contribution in [0.1, 0.15) is 46.5 Å². The van der Waals surface area contributed by atoms with Crippen molar-refractivity contribution >= 4 is 34.0 Å². The second-order valence-electron chi connectivity index (χ2n) is 15.8. The predicted octanol–water partition coefficient (Wildman–Crippen LogP) is 13.9. The van der Waals surface area contributed by atoms with Gasteiger partial charge in [-0.1, -0.05) is 120 Å². The Hall–Kier alpha value is -6.84. The van der Waals surface area contributed by atoms with Gasteiger partial charge in [-0.05, 0) is 140 Å². The van der Waals surface area contributed by atoms with Crippen LogP contribution in [0.25, 0.3) is 84.7 Å². The van der Waals surface area contributed by atoms with Crippen molar-refractivity contribution < 1.29 is 0 Å². The first-order valence-corrected chi connectivity index (χ1v) is 20.3. The van der Waals surface area contributed by atoms with Crippen LogP contribution in [0.3, 0.4) is 0 Å². The van der Waals surface area contributed by atoms with Crippen LogP contribution in [0, 0.1) is 13.8 Å². The molecular formula is C54H43N3. The Morgan fingerprint density at radius 2 is 0.877 bits per heavy atom. The van der Waals surface area contributed by atoms with E-state index in [4.69, 9.17) is 0 Å². The van der Waals surface area contributed by atoms with Gasteiger partial charge in [-0.2, -0.15) is 0 Å². The third kappa shape index (κ3) is 5.57. The highest BCUT2D eigenvalue weighted by Gasteiger charge is 2.23. The molecule has 0 bridgehead atoms. The number of nitrogens with zero attached hydrogens (tertiary/aromatic N) is 3. The molecular weight excluding hydrogens is 691 g/mol. The molecule has 11 rings (SSSR count). The lowest BCUT2D eigenvalue weighted by atomic mass is 10.0. The number of aromatic nitrogens is 3. The Bertz CT molecular complexity index is 2890. The zero-order valence-electron chi connectivity index (χ0n) is 32.4. The van der Waals surface area contributed by atoms with E-state index in [1.807, 2.05) is 0 Å². The summed E-state index contributed by atoms with van der Waals surface area (Å²) in [6.45, 7) is 4.30. The number of hydrogen-bond acceptors (Lipinski definition) is 0. The first kappa shape index (κ1) is 33.5. The van der Waals surface area contributed by atoms with E-state index in [9.17, 15) is 0 Å². The van der Waals surface area contributed by atoms with E-state index in [0.29, 0.717) is 0 Å². The van der Waals surface area contributed by atoms with Gasteiger partial charge in [0.25, 0.3) is 0 Å². The van der Waals surface area contributed by atoms with Gasteiger partial charge in [0.2, 0.25) is 0 Å². The van der Waals surface area contributed by atoms with Crippen molar-refractivity contribution in [2.45, 2.75) is 39.5 Å². The number of allylic oxidation sites excluding steroid dienone is 2. The van der Waals surface area contributed by atoms with Crippen molar-refractivity contribution in [3.05, 3.63) is 197 Å². The van der Waals surface area contributed by atoms with E-state index in [1.165, 1.54) is 100 Å². The molecule has 0 N–H and O–H groups in total. The van der Waals surface area contributed by atoms with Crippen LogP contribution in [0.4, 0.5) is 0 Å². The molecule has 3 heteroatoms. The van der Waals surface area contributed by atoms with E-state index < -0.39 is 0 Å². The molecule has 57 heavy (non-hydrogen) atoms. The Kier molecular flexibility index (Phi) is 7.89. The zero-order chi connectivity index (χ0) is 38.0. The summed E-state index contributed by atoms with van der Waals surface area (Å²) < 4.78 is 7.44. The molecule has 0 atom stereocenters. The van der Waals surface area contributed by atoms with Crippen molar-refractivity contribution in [3.63, 3.8) is 0 Å². The van der Waals surface area contributed by atoms with Crippen LogP contribution in [-0.2, 0) is 12.8 Å². The maximum atomic E-state index is 2.50. The average Bonchev–Trinajstić information content (AvgIpc) is 3.95. The molecule has 6 aromatic carbocycles. The zero-order valence-corrected chi connectivity index (χ0v) is 32.4. The molecule has 3 nitrogen and oxygen atoms in total. The molecule has 2 aliphatic rings. The standard InChI is InChI=1S/C54H43N3/c1-36-22-26-38(27-23-36)49-30-31-50(39-28-24-37(2)25-29-39)55(49)42-13-11-12-40(32-42)41-33-43(56-51-18-7-3-14-45(51)46-15-4-8-19-52(46)56)35-44(34-41)57-53-20-9-5-16-47(53)48-17-6-10-21-54(48)57/h3,5,7-14,16,18-35H,4,6,15,17H2,1-2H3. The largest absolute Gasteiger partial charge is 0.309 e. The normalized spacial score (nSPS) is 13.4. The Morgan fingerprint density at radius 1 is 0.386 bits per heavy atom.